The van der Waals surface area contributed by atoms with Crippen LogP contribution in [0.4, 0.5) is 11.4 Å². The number of benzene rings is 2. The van der Waals surface area contributed by atoms with Gasteiger partial charge in [-0.3, -0.25) is 14.9 Å². The minimum atomic E-state index is -3.95. The lowest BCUT2D eigenvalue weighted by molar-refractivity contribution is -0.385. The fraction of sp³-hybridized carbons (Fsp3) is 0.333. The Hall–Kier alpha value is -3.31. The van der Waals surface area contributed by atoms with Gasteiger partial charge in [0, 0.05) is 36.3 Å². The van der Waals surface area contributed by atoms with Gasteiger partial charge in [0.1, 0.15) is 0 Å². The highest BCUT2D eigenvalue weighted by atomic mass is 32.2. The molecule has 170 valence electrons. The van der Waals surface area contributed by atoms with Crippen molar-refractivity contribution in [1.29, 1.82) is 0 Å². The second-order valence-electron chi connectivity index (χ2n) is 7.41. The number of carbonyl (C=O) groups is 2. The molecule has 32 heavy (non-hydrogen) atoms. The van der Waals surface area contributed by atoms with Gasteiger partial charge in [0.05, 0.1) is 22.5 Å². The molecule has 0 radical (unpaired) electrons. The molecule has 1 aliphatic heterocycles. The topological polar surface area (TPSA) is 136 Å². The van der Waals surface area contributed by atoms with Crippen molar-refractivity contribution >= 4 is 33.3 Å². The summed E-state index contributed by atoms with van der Waals surface area (Å²) < 4.78 is 32.1. The molecule has 0 aromatic heterocycles. The number of nitrogens with zero attached hydrogens (tertiary/aromatic N) is 2. The van der Waals surface area contributed by atoms with Gasteiger partial charge in [-0.05, 0) is 38.0 Å². The number of hydrogen-bond acceptors (Lipinski definition) is 7. The van der Waals surface area contributed by atoms with Crippen LogP contribution in [0.2, 0.25) is 0 Å². The van der Waals surface area contributed by atoms with Crippen LogP contribution in [0.1, 0.15) is 28.8 Å². The van der Waals surface area contributed by atoms with E-state index in [0.29, 0.717) is 11.3 Å². The summed E-state index contributed by atoms with van der Waals surface area (Å²) >= 11 is 0. The molecular weight excluding hydrogens is 438 g/mol. The Morgan fingerprint density at radius 2 is 1.81 bits per heavy atom. The highest BCUT2D eigenvalue weighted by Gasteiger charge is 2.34. The fourth-order valence-corrected chi connectivity index (χ4v) is 5.25. The highest BCUT2D eigenvalue weighted by molar-refractivity contribution is 7.89. The summed E-state index contributed by atoms with van der Waals surface area (Å²) in [6.45, 7) is 1.81. The van der Waals surface area contributed by atoms with Gasteiger partial charge in [0.25, 0.3) is 5.69 Å². The van der Waals surface area contributed by atoms with Gasteiger partial charge in [0.15, 0.2) is 0 Å². The Bertz CT molecular complexity index is 1160. The normalized spacial score (nSPS) is 15.2. The Balaban J connectivity index is 1.69. The Morgan fingerprint density at radius 3 is 2.44 bits per heavy atom. The molecule has 1 amide bonds. The van der Waals surface area contributed by atoms with Gasteiger partial charge in [-0.15, -0.1) is 0 Å². The second-order valence-corrected chi connectivity index (χ2v) is 9.32. The average Bonchev–Trinajstić information content (AvgIpc) is 2.79. The Morgan fingerprint density at radius 1 is 1.16 bits per heavy atom. The van der Waals surface area contributed by atoms with E-state index in [-0.39, 0.29) is 48.0 Å². The molecule has 0 spiro atoms. The number of hydrogen-bond donors (Lipinski definition) is 1. The molecule has 3 rings (SSSR count). The first-order valence-electron chi connectivity index (χ1n) is 9.88. The van der Waals surface area contributed by atoms with E-state index in [2.05, 4.69) is 10.1 Å². The maximum atomic E-state index is 13.1. The first-order chi connectivity index (χ1) is 15.1. The molecule has 1 aliphatic rings. The van der Waals surface area contributed by atoms with E-state index in [1.807, 2.05) is 0 Å². The van der Waals surface area contributed by atoms with Gasteiger partial charge in [-0.1, -0.05) is 18.2 Å². The fourth-order valence-electron chi connectivity index (χ4n) is 3.60. The summed E-state index contributed by atoms with van der Waals surface area (Å²) in [7, 11) is -2.77. The van der Waals surface area contributed by atoms with E-state index in [0.717, 1.165) is 0 Å². The van der Waals surface area contributed by atoms with Crippen LogP contribution in [0.15, 0.2) is 47.4 Å². The Labute approximate surface area is 185 Å². The highest BCUT2D eigenvalue weighted by Crippen LogP contribution is 2.28. The lowest BCUT2D eigenvalue weighted by atomic mass is 9.97. The van der Waals surface area contributed by atoms with Crippen molar-refractivity contribution in [1.82, 2.24) is 4.31 Å². The molecule has 11 heteroatoms. The zero-order valence-corrected chi connectivity index (χ0v) is 18.4. The average molecular weight is 461 g/mol. The molecule has 0 aliphatic carbocycles. The van der Waals surface area contributed by atoms with Gasteiger partial charge in [-0.2, -0.15) is 4.31 Å². The molecule has 1 saturated heterocycles. The number of methoxy groups -OCH3 is 1. The standard InChI is InChI=1S/C21H23N3O7S/c1-14-7-8-16(13-18(14)24(27)28)22-20(25)15-9-11-23(12-10-15)32(29,30)19-6-4-3-5-17(19)21(26)31-2/h3-8,13,15H,9-12H2,1-2H3,(H,22,25). The Kier molecular flexibility index (Phi) is 6.90. The zero-order chi connectivity index (χ0) is 23.5. The van der Waals surface area contributed by atoms with Crippen molar-refractivity contribution in [2.24, 2.45) is 5.92 Å². The van der Waals surface area contributed by atoms with Gasteiger partial charge >= 0.3 is 5.97 Å². The van der Waals surface area contributed by atoms with E-state index in [4.69, 9.17) is 0 Å². The van der Waals surface area contributed by atoms with Crippen LogP contribution in [0, 0.1) is 23.0 Å². The van der Waals surface area contributed by atoms with E-state index in [1.165, 1.54) is 35.7 Å². The largest absolute Gasteiger partial charge is 0.465 e. The van der Waals surface area contributed by atoms with E-state index in [9.17, 15) is 28.1 Å². The number of ether oxygens (including phenoxy) is 1. The summed E-state index contributed by atoms with van der Waals surface area (Å²) in [6, 6.07) is 10.3. The van der Waals surface area contributed by atoms with Gasteiger partial charge < -0.3 is 10.1 Å². The molecule has 10 nitrogen and oxygen atoms in total. The number of carbonyl (C=O) groups excluding carboxylic acids is 2. The summed E-state index contributed by atoms with van der Waals surface area (Å²) in [5.74, 6) is -1.52. The number of piperidine rings is 1. The molecule has 0 bridgehead atoms. The lowest BCUT2D eigenvalue weighted by Crippen LogP contribution is -2.41. The van der Waals surface area contributed by atoms with Crippen molar-refractivity contribution in [3.05, 3.63) is 63.7 Å². The molecule has 0 saturated carbocycles. The molecule has 0 unspecified atom stereocenters. The van der Waals surface area contributed by atoms with Crippen LogP contribution in [0.3, 0.4) is 0 Å². The number of aryl methyl sites for hydroxylation is 1. The van der Waals surface area contributed by atoms with Crippen LogP contribution in [-0.4, -0.2) is 49.7 Å². The third-order valence-electron chi connectivity index (χ3n) is 5.41. The molecule has 1 N–H and O–H groups in total. The summed E-state index contributed by atoms with van der Waals surface area (Å²) in [5.41, 5.74) is 0.664. The molecule has 0 atom stereocenters. The quantitative estimate of drug-likeness (QED) is 0.397. The number of esters is 1. The number of anilines is 1. The third kappa shape index (κ3) is 4.78. The molecule has 1 fully saturated rings. The third-order valence-corrected chi connectivity index (χ3v) is 7.37. The minimum absolute atomic E-state index is 0.0455. The predicted molar refractivity (Wildman–Crippen MR) is 116 cm³/mol. The first-order valence-corrected chi connectivity index (χ1v) is 11.3. The number of nitro groups is 1. The van der Waals surface area contributed by atoms with Crippen LogP contribution in [0.25, 0.3) is 0 Å². The van der Waals surface area contributed by atoms with Crippen molar-refractivity contribution < 1.29 is 27.7 Å². The minimum Gasteiger partial charge on any atom is -0.465 e. The van der Waals surface area contributed by atoms with Crippen molar-refractivity contribution in [2.45, 2.75) is 24.7 Å². The van der Waals surface area contributed by atoms with E-state index < -0.39 is 26.8 Å². The smallest absolute Gasteiger partial charge is 0.339 e. The molecular formula is C21H23N3O7S. The molecule has 2 aromatic rings. The van der Waals surface area contributed by atoms with Crippen molar-refractivity contribution in [3.8, 4) is 0 Å². The molecule has 2 aromatic carbocycles. The number of nitro benzene ring substituents is 1. The monoisotopic (exact) mass is 461 g/mol. The summed E-state index contributed by atoms with van der Waals surface area (Å²) in [6.07, 6.45) is 0.554. The van der Waals surface area contributed by atoms with Gasteiger partial charge in [0.2, 0.25) is 15.9 Å². The molecule has 1 heterocycles. The van der Waals surface area contributed by atoms with Crippen LogP contribution < -0.4 is 5.32 Å². The number of amides is 1. The number of rotatable bonds is 6. The second kappa shape index (κ2) is 9.45. The summed E-state index contributed by atoms with van der Waals surface area (Å²) in [5, 5.41) is 13.8. The maximum absolute atomic E-state index is 13.1. The predicted octanol–water partition coefficient (Wildman–Crippen LogP) is 2.73. The number of sulfonamides is 1. The van der Waals surface area contributed by atoms with Crippen LogP contribution in [0.5, 0.6) is 0 Å². The van der Waals surface area contributed by atoms with Crippen LogP contribution >= 0.6 is 0 Å². The zero-order valence-electron chi connectivity index (χ0n) is 17.6. The van der Waals surface area contributed by atoms with Crippen molar-refractivity contribution in [3.63, 3.8) is 0 Å². The summed E-state index contributed by atoms with van der Waals surface area (Å²) in [4.78, 5) is 35.0. The SMILES string of the molecule is COC(=O)c1ccccc1S(=O)(=O)N1CCC(C(=O)Nc2ccc(C)c([N+](=O)[O-])c2)CC1. The van der Waals surface area contributed by atoms with E-state index >= 15 is 0 Å². The van der Waals surface area contributed by atoms with Gasteiger partial charge in [-0.25, -0.2) is 13.2 Å². The van der Waals surface area contributed by atoms with Crippen molar-refractivity contribution in [2.75, 3.05) is 25.5 Å². The first kappa shape index (κ1) is 23.4. The lowest BCUT2D eigenvalue weighted by Gasteiger charge is -2.31. The van der Waals surface area contributed by atoms with Crippen LogP contribution in [-0.2, 0) is 19.6 Å². The number of nitrogens with one attached hydrogen (secondary N) is 1. The van der Waals surface area contributed by atoms with E-state index in [1.54, 1.807) is 25.1 Å². The maximum Gasteiger partial charge on any atom is 0.339 e.